The van der Waals surface area contributed by atoms with Gasteiger partial charge in [-0.1, -0.05) is 18.9 Å². The zero-order valence-corrected chi connectivity index (χ0v) is 17.7. The Bertz CT molecular complexity index is 927. The topological polar surface area (TPSA) is 88.1 Å². The van der Waals surface area contributed by atoms with E-state index in [1.165, 1.54) is 18.7 Å². The third-order valence-corrected chi connectivity index (χ3v) is 6.94. The van der Waals surface area contributed by atoms with Crippen molar-refractivity contribution in [3.05, 3.63) is 35.7 Å². The Morgan fingerprint density at radius 1 is 1.21 bits per heavy atom. The predicted octanol–water partition coefficient (Wildman–Crippen LogP) is 3.96. The highest BCUT2D eigenvalue weighted by Gasteiger charge is 2.41. The standard InChI is InChI=1S/C21H25N5O2S/c1-12-8-9-17(22-10-12)24-21-23-11-16-14(3)29-18(13(2)27)20(28)26(19(16)25-21)15-6-4-5-7-15/h8-11,14-15,18H,4-7H2,1-3H3,(H,22,23,24,25)/t14-,18?/m1/s1. The summed E-state index contributed by atoms with van der Waals surface area (Å²) in [6.45, 7) is 5.47. The molecule has 8 heteroatoms. The summed E-state index contributed by atoms with van der Waals surface area (Å²) < 4.78 is 0. The van der Waals surface area contributed by atoms with Gasteiger partial charge in [-0.15, -0.1) is 11.8 Å². The molecular formula is C21H25N5O2S. The number of hydrogen-bond donors (Lipinski definition) is 1. The van der Waals surface area contributed by atoms with Gasteiger partial charge in [0.1, 0.15) is 16.9 Å². The SMILES string of the molecule is CC(=O)C1S[C@H](C)c2cnc(Nc3ccc(C)cn3)nc2N(C2CCCC2)C1=O. The lowest BCUT2D eigenvalue weighted by molar-refractivity contribution is -0.125. The van der Waals surface area contributed by atoms with Gasteiger partial charge in [-0.2, -0.15) is 4.98 Å². The number of Topliss-reactive ketones (excluding diaryl/α,β-unsaturated/α-hetero) is 1. The molecule has 152 valence electrons. The molecule has 7 nitrogen and oxygen atoms in total. The van der Waals surface area contributed by atoms with Crippen LogP contribution in [0, 0.1) is 6.92 Å². The molecule has 1 amide bonds. The van der Waals surface area contributed by atoms with Gasteiger partial charge in [0.2, 0.25) is 11.9 Å². The number of aryl methyl sites for hydroxylation is 1. The molecule has 2 aliphatic rings. The number of rotatable bonds is 4. The average Bonchev–Trinajstić information content (AvgIpc) is 3.18. The number of nitrogens with zero attached hydrogens (tertiary/aromatic N) is 4. The molecule has 29 heavy (non-hydrogen) atoms. The number of amides is 1. The summed E-state index contributed by atoms with van der Waals surface area (Å²) in [6, 6.07) is 3.91. The Kier molecular flexibility index (Phi) is 5.54. The highest BCUT2D eigenvalue weighted by Crippen LogP contribution is 2.43. The maximum absolute atomic E-state index is 13.4. The first-order chi connectivity index (χ1) is 13.9. The average molecular weight is 412 g/mol. The van der Waals surface area contributed by atoms with Gasteiger partial charge >= 0.3 is 0 Å². The molecule has 0 aromatic carbocycles. The minimum Gasteiger partial charge on any atom is -0.309 e. The lowest BCUT2D eigenvalue weighted by atomic mass is 10.1. The van der Waals surface area contributed by atoms with Crippen LogP contribution in [0.25, 0.3) is 0 Å². The number of carbonyl (C=O) groups is 2. The summed E-state index contributed by atoms with van der Waals surface area (Å²) in [5, 5.41) is 2.38. The van der Waals surface area contributed by atoms with Crippen molar-refractivity contribution in [2.75, 3.05) is 10.2 Å². The molecule has 2 atom stereocenters. The van der Waals surface area contributed by atoms with Crippen LogP contribution in [-0.4, -0.2) is 37.9 Å². The molecule has 0 radical (unpaired) electrons. The number of hydrogen-bond acceptors (Lipinski definition) is 7. The number of carbonyl (C=O) groups excluding carboxylic acids is 2. The number of nitrogens with one attached hydrogen (secondary N) is 1. The normalized spacial score (nSPS) is 22.3. The molecule has 2 aromatic rings. The van der Waals surface area contributed by atoms with Crippen molar-refractivity contribution in [1.29, 1.82) is 0 Å². The summed E-state index contributed by atoms with van der Waals surface area (Å²) in [4.78, 5) is 40.9. The van der Waals surface area contributed by atoms with Gasteiger partial charge in [0, 0.05) is 29.2 Å². The third-order valence-electron chi connectivity index (χ3n) is 5.47. The molecule has 0 bridgehead atoms. The van der Waals surface area contributed by atoms with Crippen molar-refractivity contribution in [3.63, 3.8) is 0 Å². The zero-order chi connectivity index (χ0) is 20.5. The Morgan fingerprint density at radius 2 is 1.97 bits per heavy atom. The molecule has 0 spiro atoms. The van der Waals surface area contributed by atoms with Gasteiger partial charge in [-0.3, -0.25) is 14.5 Å². The molecule has 3 heterocycles. The predicted molar refractivity (Wildman–Crippen MR) is 115 cm³/mol. The van der Waals surface area contributed by atoms with Crippen molar-refractivity contribution in [3.8, 4) is 0 Å². The summed E-state index contributed by atoms with van der Waals surface area (Å²) in [7, 11) is 0. The first kappa shape index (κ1) is 19.8. The molecule has 1 aliphatic carbocycles. The Hall–Kier alpha value is -2.48. The number of aromatic nitrogens is 3. The Balaban J connectivity index is 1.75. The fourth-order valence-electron chi connectivity index (χ4n) is 3.93. The number of anilines is 3. The molecule has 4 rings (SSSR count). The summed E-state index contributed by atoms with van der Waals surface area (Å²) in [5.74, 6) is 1.40. The number of thioether (sulfide) groups is 1. The fraction of sp³-hybridized carbons (Fsp3) is 0.476. The number of ketones is 1. The Labute approximate surface area is 174 Å². The lowest BCUT2D eigenvalue weighted by Gasteiger charge is -2.29. The van der Waals surface area contributed by atoms with Crippen LogP contribution in [0.2, 0.25) is 0 Å². The fourth-order valence-corrected chi connectivity index (χ4v) is 5.07. The minimum absolute atomic E-state index is 0.0548. The molecule has 2 aromatic heterocycles. The lowest BCUT2D eigenvalue weighted by Crippen LogP contribution is -2.45. The highest BCUT2D eigenvalue weighted by molar-refractivity contribution is 8.01. The second kappa shape index (κ2) is 8.10. The van der Waals surface area contributed by atoms with Crippen molar-refractivity contribution in [1.82, 2.24) is 15.0 Å². The van der Waals surface area contributed by atoms with Crippen molar-refractivity contribution in [2.24, 2.45) is 0 Å². The second-order valence-corrected chi connectivity index (χ2v) is 9.18. The monoisotopic (exact) mass is 411 g/mol. The van der Waals surface area contributed by atoms with E-state index in [1.54, 1.807) is 17.3 Å². The van der Waals surface area contributed by atoms with Crippen molar-refractivity contribution >= 4 is 41.0 Å². The highest BCUT2D eigenvalue weighted by atomic mass is 32.2. The van der Waals surface area contributed by atoms with Crippen LogP contribution < -0.4 is 10.2 Å². The molecule has 1 fully saturated rings. The molecule has 0 saturated heterocycles. The number of pyridine rings is 1. The maximum atomic E-state index is 13.4. The van der Waals surface area contributed by atoms with Gasteiger partial charge < -0.3 is 5.32 Å². The van der Waals surface area contributed by atoms with Crippen molar-refractivity contribution in [2.45, 2.75) is 63.0 Å². The van der Waals surface area contributed by atoms with E-state index in [9.17, 15) is 9.59 Å². The van der Waals surface area contributed by atoms with Gasteiger partial charge in [0.05, 0.1) is 0 Å². The number of fused-ring (bicyclic) bond motifs is 1. The smallest absolute Gasteiger partial charge is 0.249 e. The Morgan fingerprint density at radius 3 is 2.62 bits per heavy atom. The van der Waals surface area contributed by atoms with E-state index >= 15 is 0 Å². The van der Waals surface area contributed by atoms with E-state index in [4.69, 9.17) is 4.98 Å². The van der Waals surface area contributed by atoms with E-state index in [0.717, 1.165) is 36.8 Å². The van der Waals surface area contributed by atoms with E-state index in [0.29, 0.717) is 17.6 Å². The van der Waals surface area contributed by atoms with Crippen LogP contribution in [0.1, 0.15) is 55.9 Å². The summed E-state index contributed by atoms with van der Waals surface area (Å²) >= 11 is 1.39. The summed E-state index contributed by atoms with van der Waals surface area (Å²) in [6.07, 6.45) is 7.58. The van der Waals surface area contributed by atoms with Crippen molar-refractivity contribution < 1.29 is 9.59 Å². The molecule has 1 saturated carbocycles. The summed E-state index contributed by atoms with van der Waals surface area (Å²) in [5.41, 5.74) is 1.96. The van der Waals surface area contributed by atoms with E-state index in [2.05, 4.69) is 15.3 Å². The van der Waals surface area contributed by atoms with Crippen LogP contribution in [0.4, 0.5) is 17.6 Å². The van der Waals surface area contributed by atoms with Crippen LogP contribution in [0.15, 0.2) is 24.5 Å². The second-order valence-electron chi connectivity index (χ2n) is 7.73. The molecule has 1 unspecified atom stereocenters. The van der Waals surface area contributed by atoms with E-state index in [-0.39, 0.29) is 23.0 Å². The molecule has 1 N–H and O–H groups in total. The van der Waals surface area contributed by atoms with Crippen LogP contribution in [0.5, 0.6) is 0 Å². The van der Waals surface area contributed by atoms with E-state index in [1.807, 2.05) is 26.0 Å². The minimum atomic E-state index is -0.699. The van der Waals surface area contributed by atoms with Gasteiger partial charge in [0.25, 0.3) is 0 Å². The van der Waals surface area contributed by atoms with Crippen LogP contribution in [0.3, 0.4) is 0 Å². The van der Waals surface area contributed by atoms with Gasteiger partial charge in [-0.25, -0.2) is 9.97 Å². The zero-order valence-electron chi connectivity index (χ0n) is 16.9. The quantitative estimate of drug-likeness (QED) is 0.762. The van der Waals surface area contributed by atoms with Crippen LogP contribution in [-0.2, 0) is 9.59 Å². The van der Waals surface area contributed by atoms with Gasteiger partial charge in [0.15, 0.2) is 5.78 Å². The first-order valence-electron chi connectivity index (χ1n) is 9.99. The first-order valence-corrected chi connectivity index (χ1v) is 10.9. The third kappa shape index (κ3) is 3.99. The van der Waals surface area contributed by atoms with Crippen LogP contribution >= 0.6 is 11.8 Å². The molecule has 1 aliphatic heterocycles. The van der Waals surface area contributed by atoms with Gasteiger partial charge in [-0.05, 0) is 45.2 Å². The largest absolute Gasteiger partial charge is 0.309 e. The maximum Gasteiger partial charge on any atom is 0.249 e. The molecular weight excluding hydrogens is 386 g/mol. The van der Waals surface area contributed by atoms with E-state index < -0.39 is 5.25 Å².